The normalized spacial score (nSPS) is 12.3. The molecule has 6 heteroatoms. The first-order valence-corrected chi connectivity index (χ1v) is 9.04. The van der Waals surface area contributed by atoms with Gasteiger partial charge in [0, 0.05) is 0 Å². The summed E-state index contributed by atoms with van der Waals surface area (Å²) in [6.45, 7) is 1.58. The first-order valence-electron chi connectivity index (χ1n) is 9.04. The number of carbonyl (C=O) groups excluding carboxylic acids is 1. The number of benzene rings is 3. The highest BCUT2D eigenvalue weighted by atomic mass is 19.4. The number of halogens is 3. The first-order chi connectivity index (χ1) is 13.8. The van der Waals surface area contributed by atoms with Crippen molar-refractivity contribution in [3.63, 3.8) is 0 Å². The standard InChI is InChI=1S/C23H20F3NO2/c1-16-10-12-18(13-11-16)22(17-6-3-2-4-7-17)27-21(28)15-29-20-9-5-8-19(14-20)23(24,25)26/h2-14,22H,15H2,1H3,(H,27,28). The average molecular weight is 399 g/mol. The Kier molecular flexibility index (Phi) is 6.22. The van der Waals surface area contributed by atoms with Crippen LogP contribution in [0.15, 0.2) is 78.9 Å². The van der Waals surface area contributed by atoms with Gasteiger partial charge in [0.2, 0.25) is 0 Å². The van der Waals surface area contributed by atoms with E-state index in [1.54, 1.807) is 0 Å². The molecule has 3 nitrogen and oxygen atoms in total. The van der Waals surface area contributed by atoms with E-state index in [0.717, 1.165) is 28.8 Å². The molecule has 1 amide bonds. The van der Waals surface area contributed by atoms with Crippen LogP contribution in [-0.2, 0) is 11.0 Å². The van der Waals surface area contributed by atoms with E-state index in [2.05, 4.69) is 5.32 Å². The largest absolute Gasteiger partial charge is 0.484 e. The second kappa shape index (κ2) is 8.82. The van der Waals surface area contributed by atoms with Crippen LogP contribution >= 0.6 is 0 Å². The van der Waals surface area contributed by atoms with E-state index in [-0.39, 0.29) is 5.75 Å². The summed E-state index contributed by atoms with van der Waals surface area (Å²) in [5.41, 5.74) is 2.06. The molecule has 1 unspecified atom stereocenters. The van der Waals surface area contributed by atoms with Gasteiger partial charge in [-0.05, 0) is 36.2 Å². The third-order valence-electron chi connectivity index (χ3n) is 4.38. The van der Waals surface area contributed by atoms with Crippen molar-refractivity contribution in [2.45, 2.75) is 19.1 Å². The van der Waals surface area contributed by atoms with Crippen LogP contribution in [0.1, 0.15) is 28.3 Å². The Balaban J connectivity index is 1.71. The number of rotatable bonds is 6. The second-order valence-electron chi connectivity index (χ2n) is 6.64. The minimum atomic E-state index is -4.47. The SMILES string of the molecule is Cc1ccc(C(NC(=O)COc2cccc(C(F)(F)F)c2)c2ccccc2)cc1. The maximum absolute atomic E-state index is 12.8. The zero-order valence-electron chi connectivity index (χ0n) is 15.7. The molecule has 29 heavy (non-hydrogen) atoms. The maximum Gasteiger partial charge on any atom is 0.416 e. The molecule has 3 aromatic carbocycles. The van der Waals surface area contributed by atoms with Crippen molar-refractivity contribution in [2.75, 3.05) is 6.61 Å². The molecule has 1 atom stereocenters. The van der Waals surface area contributed by atoms with E-state index in [4.69, 9.17) is 4.74 Å². The minimum Gasteiger partial charge on any atom is -0.484 e. The zero-order valence-corrected chi connectivity index (χ0v) is 15.7. The molecule has 0 heterocycles. The lowest BCUT2D eigenvalue weighted by molar-refractivity contribution is -0.137. The molecular formula is C23H20F3NO2. The summed E-state index contributed by atoms with van der Waals surface area (Å²) >= 11 is 0. The Labute approximate surface area is 167 Å². The summed E-state index contributed by atoms with van der Waals surface area (Å²) in [6, 6.07) is 21.3. The monoisotopic (exact) mass is 399 g/mol. The van der Waals surface area contributed by atoms with E-state index < -0.39 is 30.3 Å². The lowest BCUT2D eigenvalue weighted by Gasteiger charge is -2.20. The molecule has 0 saturated heterocycles. The van der Waals surface area contributed by atoms with Crippen molar-refractivity contribution in [3.8, 4) is 5.75 Å². The van der Waals surface area contributed by atoms with E-state index in [0.29, 0.717) is 0 Å². The lowest BCUT2D eigenvalue weighted by Crippen LogP contribution is -2.33. The molecule has 0 aliphatic carbocycles. The summed E-state index contributed by atoms with van der Waals surface area (Å²) < 4.78 is 43.7. The van der Waals surface area contributed by atoms with Gasteiger partial charge in [0.15, 0.2) is 6.61 Å². The van der Waals surface area contributed by atoms with Gasteiger partial charge in [-0.25, -0.2) is 0 Å². The second-order valence-corrected chi connectivity index (χ2v) is 6.64. The van der Waals surface area contributed by atoms with Gasteiger partial charge in [0.05, 0.1) is 11.6 Å². The fraction of sp³-hybridized carbons (Fsp3) is 0.174. The van der Waals surface area contributed by atoms with Gasteiger partial charge in [0.1, 0.15) is 5.75 Å². The highest BCUT2D eigenvalue weighted by molar-refractivity contribution is 5.78. The van der Waals surface area contributed by atoms with Crippen LogP contribution in [0, 0.1) is 6.92 Å². The van der Waals surface area contributed by atoms with Crippen molar-refractivity contribution in [3.05, 3.63) is 101 Å². The predicted molar refractivity (Wildman–Crippen MR) is 105 cm³/mol. The third kappa shape index (κ3) is 5.60. The first kappa shape index (κ1) is 20.5. The van der Waals surface area contributed by atoms with Crippen LogP contribution in [0.25, 0.3) is 0 Å². The Bertz CT molecular complexity index is 954. The number of carbonyl (C=O) groups is 1. The number of ether oxygens (including phenoxy) is 1. The highest BCUT2D eigenvalue weighted by Crippen LogP contribution is 2.31. The molecule has 0 aliphatic heterocycles. The fourth-order valence-electron chi connectivity index (χ4n) is 2.88. The molecule has 150 valence electrons. The van der Waals surface area contributed by atoms with E-state index in [1.165, 1.54) is 12.1 Å². The smallest absolute Gasteiger partial charge is 0.416 e. The van der Waals surface area contributed by atoms with Crippen LogP contribution in [0.2, 0.25) is 0 Å². The molecule has 0 spiro atoms. The molecule has 0 aromatic heterocycles. The molecular weight excluding hydrogens is 379 g/mol. The van der Waals surface area contributed by atoms with Gasteiger partial charge in [-0.2, -0.15) is 13.2 Å². The summed E-state index contributed by atoms with van der Waals surface area (Å²) in [5, 5.41) is 2.90. The quantitative estimate of drug-likeness (QED) is 0.611. The zero-order chi connectivity index (χ0) is 20.9. The minimum absolute atomic E-state index is 0.0124. The number of amides is 1. The van der Waals surface area contributed by atoms with Crippen LogP contribution in [0.3, 0.4) is 0 Å². The molecule has 1 N–H and O–H groups in total. The van der Waals surface area contributed by atoms with Gasteiger partial charge < -0.3 is 10.1 Å². The Morgan fingerprint density at radius 1 is 0.931 bits per heavy atom. The van der Waals surface area contributed by atoms with Crippen LogP contribution < -0.4 is 10.1 Å². The van der Waals surface area contributed by atoms with E-state index in [1.807, 2.05) is 61.5 Å². The van der Waals surface area contributed by atoms with Crippen molar-refractivity contribution in [1.29, 1.82) is 0 Å². The molecule has 0 aliphatic rings. The number of alkyl halides is 3. The Morgan fingerprint density at radius 3 is 2.24 bits per heavy atom. The van der Waals surface area contributed by atoms with Gasteiger partial charge in [-0.3, -0.25) is 4.79 Å². The molecule has 0 radical (unpaired) electrons. The number of nitrogens with one attached hydrogen (secondary N) is 1. The predicted octanol–water partition coefficient (Wildman–Crippen LogP) is 5.30. The fourth-order valence-corrected chi connectivity index (χ4v) is 2.88. The van der Waals surface area contributed by atoms with Gasteiger partial charge in [-0.1, -0.05) is 66.2 Å². The Hall–Kier alpha value is -3.28. The van der Waals surface area contributed by atoms with Crippen LogP contribution in [-0.4, -0.2) is 12.5 Å². The summed E-state index contributed by atoms with van der Waals surface area (Å²) in [4.78, 5) is 12.5. The average Bonchev–Trinajstić information content (AvgIpc) is 2.71. The lowest BCUT2D eigenvalue weighted by atomic mass is 9.98. The summed E-state index contributed by atoms with van der Waals surface area (Å²) in [5.74, 6) is -0.446. The summed E-state index contributed by atoms with van der Waals surface area (Å²) in [6.07, 6.45) is -4.47. The molecule has 0 bridgehead atoms. The van der Waals surface area contributed by atoms with Crippen molar-refractivity contribution >= 4 is 5.91 Å². The van der Waals surface area contributed by atoms with Crippen LogP contribution in [0.4, 0.5) is 13.2 Å². The van der Waals surface area contributed by atoms with Gasteiger partial charge >= 0.3 is 6.18 Å². The Morgan fingerprint density at radius 2 is 1.59 bits per heavy atom. The van der Waals surface area contributed by atoms with Crippen molar-refractivity contribution in [2.24, 2.45) is 0 Å². The molecule has 3 rings (SSSR count). The number of hydrogen-bond donors (Lipinski definition) is 1. The maximum atomic E-state index is 12.8. The van der Waals surface area contributed by atoms with E-state index >= 15 is 0 Å². The third-order valence-corrected chi connectivity index (χ3v) is 4.38. The highest BCUT2D eigenvalue weighted by Gasteiger charge is 2.30. The van der Waals surface area contributed by atoms with E-state index in [9.17, 15) is 18.0 Å². The van der Waals surface area contributed by atoms with Gasteiger partial charge in [0.25, 0.3) is 5.91 Å². The number of hydrogen-bond acceptors (Lipinski definition) is 2. The number of aryl methyl sites for hydroxylation is 1. The summed E-state index contributed by atoms with van der Waals surface area (Å²) in [7, 11) is 0. The molecule has 0 saturated carbocycles. The molecule has 0 fully saturated rings. The molecule has 3 aromatic rings. The van der Waals surface area contributed by atoms with Crippen LogP contribution in [0.5, 0.6) is 5.75 Å². The van der Waals surface area contributed by atoms with Crippen molar-refractivity contribution < 1.29 is 22.7 Å². The topological polar surface area (TPSA) is 38.3 Å². The van der Waals surface area contributed by atoms with Gasteiger partial charge in [-0.15, -0.1) is 0 Å². The van der Waals surface area contributed by atoms with Crippen molar-refractivity contribution in [1.82, 2.24) is 5.32 Å².